The monoisotopic (exact) mass is 331 g/mol. The van der Waals surface area contributed by atoms with Gasteiger partial charge in [0.1, 0.15) is 0 Å². The lowest BCUT2D eigenvalue weighted by Crippen LogP contribution is -2.53. The molecule has 1 amide bonds. The number of amides is 1. The molecule has 24 heavy (non-hydrogen) atoms. The van der Waals surface area contributed by atoms with Gasteiger partial charge in [0.05, 0.1) is 24.9 Å². The summed E-state index contributed by atoms with van der Waals surface area (Å²) in [4.78, 5) is 25.2. The molecule has 6 heteroatoms. The van der Waals surface area contributed by atoms with E-state index in [-0.39, 0.29) is 23.8 Å². The van der Waals surface area contributed by atoms with E-state index >= 15 is 0 Å². The van der Waals surface area contributed by atoms with Crippen LogP contribution in [0.2, 0.25) is 0 Å². The van der Waals surface area contributed by atoms with Gasteiger partial charge in [-0.1, -0.05) is 6.07 Å². The van der Waals surface area contributed by atoms with E-state index < -0.39 is 0 Å². The number of hydroxylamine groups is 2. The summed E-state index contributed by atoms with van der Waals surface area (Å²) in [6.45, 7) is 4.81. The highest BCUT2D eigenvalue weighted by atomic mass is 16.7. The summed E-state index contributed by atoms with van der Waals surface area (Å²) in [5.41, 5.74) is 1.08. The largest absolute Gasteiger partial charge is 0.378 e. The van der Waals surface area contributed by atoms with Crippen LogP contribution in [0.1, 0.15) is 25.0 Å². The van der Waals surface area contributed by atoms with Gasteiger partial charge in [-0.25, -0.2) is 5.06 Å². The molecule has 0 spiro atoms. The second kappa shape index (κ2) is 7.17. The van der Waals surface area contributed by atoms with Crippen molar-refractivity contribution in [2.45, 2.75) is 31.9 Å². The number of fused-ring (bicyclic) bond motifs is 1. The normalized spacial score (nSPS) is 31.0. The molecule has 0 radical (unpaired) electrons. The van der Waals surface area contributed by atoms with E-state index in [1.807, 2.05) is 18.3 Å². The molecule has 0 aromatic carbocycles. The first-order valence-corrected chi connectivity index (χ1v) is 8.99. The fraction of sp³-hybridized carbons (Fsp3) is 0.667. The Bertz CT molecular complexity index is 562. The summed E-state index contributed by atoms with van der Waals surface area (Å²) in [5.74, 6) is 0.437. The number of piperidine rings is 1. The molecule has 4 rings (SSSR count). The molecule has 3 atom stereocenters. The van der Waals surface area contributed by atoms with E-state index in [4.69, 9.17) is 9.57 Å². The van der Waals surface area contributed by atoms with Gasteiger partial charge in [-0.05, 0) is 31.4 Å². The number of aromatic nitrogens is 1. The summed E-state index contributed by atoms with van der Waals surface area (Å²) in [6.07, 6.45) is 4.77. The Balaban J connectivity index is 1.44. The van der Waals surface area contributed by atoms with Crippen LogP contribution >= 0.6 is 0 Å². The van der Waals surface area contributed by atoms with Crippen LogP contribution in [0.25, 0.3) is 0 Å². The highest BCUT2D eigenvalue weighted by molar-refractivity contribution is 5.78. The van der Waals surface area contributed by atoms with Crippen LogP contribution in [0.4, 0.5) is 0 Å². The van der Waals surface area contributed by atoms with Crippen molar-refractivity contribution in [1.29, 1.82) is 0 Å². The second-order valence-electron chi connectivity index (χ2n) is 6.94. The van der Waals surface area contributed by atoms with Gasteiger partial charge in [0, 0.05) is 44.3 Å². The van der Waals surface area contributed by atoms with Gasteiger partial charge in [0.2, 0.25) is 5.91 Å². The van der Waals surface area contributed by atoms with Crippen molar-refractivity contribution < 1.29 is 14.4 Å². The molecule has 1 aromatic heterocycles. The van der Waals surface area contributed by atoms with E-state index in [9.17, 15) is 4.79 Å². The van der Waals surface area contributed by atoms with Gasteiger partial charge >= 0.3 is 0 Å². The second-order valence-corrected chi connectivity index (χ2v) is 6.94. The van der Waals surface area contributed by atoms with Crippen LogP contribution in [0.15, 0.2) is 24.4 Å². The van der Waals surface area contributed by atoms with Gasteiger partial charge in [0.15, 0.2) is 0 Å². The van der Waals surface area contributed by atoms with Gasteiger partial charge in [-0.3, -0.25) is 19.5 Å². The highest BCUT2D eigenvalue weighted by Gasteiger charge is 2.43. The van der Waals surface area contributed by atoms with Crippen molar-refractivity contribution in [3.63, 3.8) is 0 Å². The Morgan fingerprint density at radius 1 is 1.25 bits per heavy atom. The van der Waals surface area contributed by atoms with Crippen molar-refractivity contribution in [1.82, 2.24) is 14.9 Å². The third-order valence-corrected chi connectivity index (χ3v) is 5.38. The fourth-order valence-corrected chi connectivity index (χ4v) is 4.16. The number of nitrogens with zero attached hydrogens (tertiary/aromatic N) is 3. The summed E-state index contributed by atoms with van der Waals surface area (Å²) in [6, 6.07) is 6.02. The Morgan fingerprint density at radius 3 is 3.00 bits per heavy atom. The zero-order chi connectivity index (χ0) is 16.4. The fourth-order valence-electron chi connectivity index (χ4n) is 4.16. The third kappa shape index (κ3) is 3.31. The van der Waals surface area contributed by atoms with Crippen molar-refractivity contribution in [3.8, 4) is 0 Å². The summed E-state index contributed by atoms with van der Waals surface area (Å²) in [7, 11) is 0. The van der Waals surface area contributed by atoms with E-state index in [0.29, 0.717) is 13.2 Å². The number of likely N-dealkylation sites (tertiary alicyclic amines) is 1. The topological polar surface area (TPSA) is 54.9 Å². The number of hydrogen-bond donors (Lipinski definition) is 0. The molecule has 0 unspecified atom stereocenters. The van der Waals surface area contributed by atoms with E-state index in [2.05, 4.69) is 16.0 Å². The lowest BCUT2D eigenvalue weighted by atomic mass is 9.79. The molecular formula is C18H25N3O3. The van der Waals surface area contributed by atoms with Crippen molar-refractivity contribution in [2.24, 2.45) is 11.8 Å². The quantitative estimate of drug-likeness (QED) is 0.840. The van der Waals surface area contributed by atoms with Crippen LogP contribution in [-0.2, 0) is 20.9 Å². The van der Waals surface area contributed by atoms with Crippen LogP contribution in [-0.4, -0.2) is 59.8 Å². The Hall–Kier alpha value is -1.50. The van der Waals surface area contributed by atoms with E-state index in [1.54, 1.807) is 5.06 Å². The Kier molecular flexibility index (Phi) is 4.78. The third-order valence-electron chi connectivity index (χ3n) is 5.38. The first-order valence-electron chi connectivity index (χ1n) is 8.99. The number of carbonyl (C=O) groups excluding carboxylic acids is 1. The van der Waals surface area contributed by atoms with Crippen LogP contribution in [0.3, 0.4) is 0 Å². The smallest absolute Gasteiger partial charge is 0.249 e. The maximum absolute atomic E-state index is 12.8. The predicted molar refractivity (Wildman–Crippen MR) is 87.8 cm³/mol. The van der Waals surface area contributed by atoms with Crippen molar-refractivity contribution in [3.05, 3.63) is 30.1 Å². The molecule has 3 aliphatic rings. The lowest BCUT2D eigenvalue weighted by Gasteiger charge is -2.45. The standard InChI is InChI=1S/C18H25N3O3/c22-18(21-8-3-10-24-21)15-6-11-23-17-5-9-20(13-16(15)17)12-14-4-1-2-7-19-14/h1-2,4,7,15-17H,3,5-6,8-13H2/t15-,16-,17-/m1/s1. The van der Waals surface area contributed by atoms with Crippen LogP contribution < -0.4 is 0 Å². The van der Waals surface area contributed by atoms with Crippen molar-refractivity contribution >= 4 is 5.91 Å². The van der Waals surface area contributed by atoms with E-state index in [1.165, 1.54) is 0 Å². The molecule has 0 saturated carbocycles. The number of rotatable bonds is 3. The number of carbonyl (C=O) groups is 1. The molecule has 1 aromatic rings. The molecule has 0 bridgehead atoms. The molecule has 3 saturated heterocycles. The summed E-state index contributed by atoms with van der Waals surface area (Å²) >= 11 is 0. The van der Waals surface area contributed by atoms with Gasteiger partial charge in [0.25, 0.3) is 0 Å². The molecule has 130 valence electrons. The number of pyridine rings is 1. The van der Waals surface area contributed by atoms with Gasteiger partial charge < -0.3 is 4.74 Å². The molecule has 0 N–H and O–H groups in total. The molecule has 3 aliphatic heterocycles. The molecule has 4 heterocycles. The van der Waals surface area contributed by atoms with Crippen LogP contribution in [0, 0.1) is 11.8 Å². The SMILES string of the molecule is O=C([C@@H]1CCO[C@@H]2CCN(Cc3ccccn3)C[C@@H]21)N1CCCO1. The average molecular weight is 331 g/mol. The molecule has 0 aliphatic carbocycles. The molecular weight excluding hydrogens is 306 g/mol. The maximum Gasteiger partial charge on any atom is 0.249 e. The van der Waals surface area contributed by atoms with Gasteiger partial charge in [-0.15, -0.1) is 0 Å². The Morgan fingerprint density at radius 2 is 2.21 bits per heavy atom. The maximum atomic E-state index is 12.8. The Labute approximate surface area is 142 Å². The first-order chi connectivity index (χ1) is 11.8. The zero-order valence-corrected chi connectivity index (χ0v) is 14.0. The summed E-state index contributed by atoms with van der Waals surface area (Å²) < 4.78 is 5.97. The summed E-state index contributed by atoms with van der Waals surface area (Å²) in [5, 5.41) is 1.59. The average Bonchev–Trinajstić information content (AvgIpc) is 3.16. The number of ether oxygens (including phenoxy) is 1. The van der Waals surface area contributed by atoms with Gasteiger partial charge in [-0.2, -0.15) is 0 Å². The molecule has 6 nitrogen and oxygen atoms in total. The number of hydrogen-bond acceptors (Lipinski definition) is 5. The minimum absolute atomic E-state index is 0.0217. The molecule has 3 fully saturated rings. The lowest BCUT2D eigenvalue weighted by molar-refractivity contribution is -0.185. The minimum atomic E-state index is 0.0217. The zero-order valence-electron chi connectivity index (χ0n) is 14.0. The van der Waals surface area contributed by atoms with Crippen molar-refractivity contribution in [2.75, 3.05) is 32.8 Å². The minimum Gasteiger partial charge on any atom is -0.378 e. The van der Waals surface area contributed by atoms with E-state index in [0.717, 1.165) is 51.1 Å². The van der Waals surface area contributed by atoms with Crippen LogP contribution in [0.5, 0.6) is 0 Å². The highest BCUT2D eigenvalue weighted by Crippen LogP contribution is 2.35. The predicted octanol–water partition coefficient (Wildman–Crippen LogP) is 1.47. The first kappa shape index (κ1) is 16.0.